The molecule has 0 unspecified atom stereocenters. The summed E-state index contributed by atoms with van der Waals surface area (Å²) in [5.74, 6) is -0.364. The van der Waals surface area contributed by atoms with E-state index < -0.39 is 36.4 Å². The summed E-state index contributed by atoms with van der Waals surface area (Å²) >= 11 is 4.24. The maximum Gasteiger partial charge on any atom is 0.336 e. The van der Waals surface area contributed by atoms with E-state index >= 15 is 0 Å². The third-order valence-corrected chi connectivity index (χ3v) is 1.55. The van der Waals surface area contributed by atoms with E-state index in [0.29, 0.717) is 0 Å². The third kappa shape index (κ3) is 9.26. The van der Waals surface area contributed by atoms with Crippen LogP contribution in [0.25, 0.3) is 0 Å². The molecule has 9 N–H and O–H groups in total. The average molecular weight is 283 g/mol. The second kappa shape index (κ2) is 8.16. The lowest BCUT2D eigenvalue weighted by Crippen LogP contribution is -2.42. The van der Waals surface area contributed by atoms with Crippen LogP contribution in [-0.4, -0.2) is 49.0 Å². The minimum atomic E-state index is -2.74. The number of nitrogens with two attached hydrogens (primary N) is 2. The van der Waals surface area contributed by atoms with Crippen molar-refractivity contribution in [1.82, 2.24) is 5.43 Å². The molecule has 0 heterocycles. The second-order valence-corrected chi connectivity index (χ2v) is 3.43. The molecule has 0 fully saturated rings. The first kappa shape index (κ1) is 18.4. The number of aliphatic hydroxyl groups is 1. The largest absolute Gasteiger partial charge is 0.481 e. The molecule has 0 saturated carbocycles. The number of carboxylic acids is 3. The Bertz CT molecular complexity index is 330. The quantitative estimate of drug-likeness (QED) is 0.159. The van der Waals surface area contributed by atoms with Gasteiger partial charge in [0.2, 0.25) is 0 Å². The summed E-state index contributed by atoms with van der Waals surface area (Å²) in [6.45, 7) is 0. The number of nitrogens with one attached hydrogen (secondary N) is 1. The van der Waals surface area contributed by atoms with Crippen LogP contribution in [0.3, 0.4) is 0 Å². The van der Waals surface area contributed by atoms with Gasteiger partial charge in [-0.1, -0.05) is 0 Å². The standard InChI is InChI=1S/C6H8O7.CH5N3S/c7-3(8)1-6(13,5(11)12)2-4(9)10;2-1(5)4-3/h13H,1-2H2,(H,7,8)(H,9,10)(H,11,12);3H2,(H3,2,4,5). The van der Waals surface area contributed by atoms with Crippen LogP contribution in [-0.2, 0) is 14.4 Å². The van der Waals surface area contributed by atoms with Gasteiger partial charge in [0.15, 0.2) is 10.7 Å². The van der Waals surface area contributed by atoms with Crippen molar-refractivity contribution in [3.05, 3.63) is 0 Å². The first-order valence-electron chi connectivity index (χ1n) is 4.20. The molecule has 0 aromatic heterocycles. The van der Waals surface area contributed by atoms with Crippen LogP contribution in [0.4, 0.5) is 0 Å². The lowest BCUT2D eigenvalue weighted by atomic mass is 9.96. The highest BCUT2D eigenvalue weighted by Crippen LogP contribution is 2.15. The number of thiocarbonyl (C=S) groups is 1. The van der Waals surface area contributed by atoms with Crippen molar-refractivity contribution < 1.29 is 34.8 Å². The van der Waals surface area contributed by atoms with Crippen LogP contribution < -0.4 is 17.0 Å². The van der Waals surface area contributed by atoms with Gasteiger partial charge in [-0.3, -0.25) is 9.59 Å². The molecule has 18 heavy (non-hydrogen) atoms. The molecule has 0 amide bonds. The van der Waals surface area contributed by atoms with E-state index in [0.717, 1.165) is 0 Å². The number of aliphatic carboxylic acids is 3. The molecule has 104 valence electrons. The van der Waals surface area contributed by atoms with E-state index in [9.17, 15) is 14.4 Å². The Morgan fingerprint density at radius 1 is 1.11 bits per heavy atom. The monoisotopic (exact) mass is 283 g/mol. The Hall–Kier alpha value is -1.98. The molecule has 0 radical (unpaired) electrons. The van der Waals surface area contributed by atoms with E-state index in [1.165, 1.54) is 0 Å². The SMILES string of the molecule is NNC(N)=S.O=C(O)CC(O)(CC(=O)O)C(=O)O. The van der Waals surface area contributed by atoms with Crippen molar-refractivity contribution in [3.8, 4) is 0 Å². The summed E-state index contributed by atoms with van der Waals surface area (Å²) in [7, 11) is 0. The smallest absolute Gasteiger partial charge is 0.336 e. The zero-order chi connectivity index (χ0) is 14.9. The van der Waals surface area contributed by atoms with E-state index in [1.54, 1.807) is 0 Å². The van der Waals surface area contributed by atoms with Crippen molar-refractivity contribution in [2.75, 3.05) is 0 Å². The number of hydrazine groups is 1. The molecule has 11 heteroatoms. The molecule has 0 aliphatic rings. The highest BCUT2D eigenvalue weighted by atomic mass is 32.1. The molecule has 0 aliphatic carbocycles. The fraction of sp³-hybridized carbons (Fsp3) is 0.429. The third-order valence-electron chi connectivity index (χ3n) is 1.43. The zero-order valence-corrected chi connectivity index (χ0v) is 9.81. The number of hydrogen-bond donors (Lipinski definition) is 7. The minimum Gasteiger partial charge on any atom is -0.481 e. The lowest BCUT2D eigenvalue weighted by Gasteiger charge is -2.18. The number of carbonyl (C=O) groups is 3. The molecule has 0 bridgehead atoms. The summed E-state index contributed by atoms with van der Waals surface area (Å²) in [5.41, 5.74) is 4.09. The Balaban J connectivity index is 0. The number of hydrogen-bond acceptors (Lipinski definition) is 6. The van der Waals surface area contributed by atoms with Crippen molar-refractivity contribution in [3.63, 3.8) is 0 Å². The summed E-state index contributed by atoms with van der Waals surface area (Å²) in [5, 5.41) is 33.9. The zero-order valence-electron chi connectivity index (χ0n) is 8.99. The van der Waals surface area contributed by atoms with Gasteiger partial charge in [-0.2, -0.15) is 0 Å². The predicted molar refractivity (Wildman–Crippen MR) is 61.2 cm³/mol. The molecule has 10 nitrogen and oxygen atoms in total. The van der Waals surface area contributed by atoms with Crippen LogP contribution in [0.5, 0.6) is 0 Å². The van der Waals surface area contributed by atoms with Crippen LogP contribution in [0.1, 0.15) is 12.8 Å². The Labute approximate surface area is 106 Å². The van der Waals surface area contributed by atoms with Gasteiger partial charge in [-0.25, -0.2) is 10.6 Å². The maximum atomic E-state index is 10.3. The Morgan fingerprint density at radius 2 is 1.39 bits per heavy atom. The molecule has 0 saturated heterocycles. The number of carboxylic acid groups (broad SMARTS) is 3. The molecule has 0 aromatic rings. The first-order valence-corrected chi connectivity index (χ1v) is 4.61. The fourth-order valence-corrected chi connectivity index (χ4v) is 0.714. The van der Waals surface area contributed by atoms with Crippen molar-refractivity contribution in [2.24, 2.45) is 11.6 Å². The van der Waals surface area contributed by atoms with Crippen molar-refractivity contribution in [2.45, 2.75) is 18.4 Å². The molecule has 0 spiro atoms. The summed E-state index contributed by atoms with van der Waals surface area (Å²) in [6, 6.07) is 0. The molecule has 0 aromatic carbocycles. The average Bonchev–Trinajstić information content (AvgIpc) is 2.15. The van der Waals surface area contributed by atoms with Gasteiger partial charge >= 0.3 is 17.9 Å². The fourth-order valence-electron chi connectivity index (χ4n) is 0.714. The van der Waals surface area contributed by atoms with Gasteiger partial charge in [0.1, 0.15) is 0 Å². The summed E-state index contributed by atoms with van der Waals surface area (Å²) < 4.78 is 0. The van der Waals surface area contributed by atoms with Crippen molar-refractivity contribution in [1.29, 1.82) is 0 Å². The van der Waals surface area contributed by atoms with Gasteiger partial charge in [0.05, 0.1) is 12.8 Å². The lowest BCUT2D eigenvalue weighted by molar-refractivity contribution is -0.170. The van der Waals surface area contributed by atoms with Gasteiger partial charge in [-0.05, 0) is 12.2 Å². The topological polar surface area (TPSA) is 196 Å². The summed E-state index contributed by atoms with van der Waals surface area (Å²) in [6.07, 6.45) is -2.29. The molecule has 0 atom stereocenters. The molecular weight excluding hydrogens is 270 g/mol. The second-order valence-electron chi connectivity index (χ2n) is 2.99. The highest BCUT2D eigenvalue weighted by molar-refractivity contribution is 7.80. The molecule has 0 rings (SSSR count). The van der Waals surface area contributed by atoms with E-state index in [-0.39, 0.29) is 5.11 Å². The first-order chi connectivity index (χ1) is 8.05. The summed E-state index contributed by atoms with van der Waals surface area (Å²) in [4.78, 5) is 30.5. The molecular formula is C7H13N3O7S. The maximum absolute atomic E-state index is 10.3. The Morgan fingerprint density at radius 3 is 1.50 bits per heavy atom. The predicted octanol–water partition coefficient (Wildman–Crippen LogP) is -2.56. The Kier molecular flexibility index (Phi) is 8.34. The van der Waals surface area contributed by atoms with E-state index in [4.69, 9.17) is 26.2 Å². The van der Waals surface area contributed by atoms with Gasteiger partial charge in [0, 0.05) is 0 Å². The molecule has 0 aliphatic heterocycles. The van der Waals surface area contributed by atoms with Crippen LogP contribution in [0, 0.1) is 0 Å². The normalized spacial score (nSPS) is 9.67. The van der Waals surface area contributed by atoms with Gasteiger partial charge < -0.3 is 31.6 Å². The van der Waals surface area contributed by atoms with Gasteiger partial charge in [0.25, 0.3) is 0 Å². The van der Waals surface area contributed by atoms with Crippen molar-refractivity contribution >= 4 is 35.2 Å². The van der Waals surface area contributed by atoms with Gasteiger partial charge in [-0.15, -0.1) is 0 Å². The number of rotatable bonds is 5. The van der Waals surface area contributed by atoms with Crippen LogP contribution >= 0.6 is 12.2 Å². The van der Waals surface area contributed by atoms with E-state index in [2.05, 4.69) is 18.1 Å². The highest BCUT2D eigenvalue weighted by Gasteiger charge is 2.40. The van der Waals surface area contributed by atoms with Crippen LogP contribution in [0.15, 0.2) is 0 Å². The van der Waals surface area contributed by atoms with E-state index in [1.807, 2.05) is 5.43 Å². The van der Waals surface area contributed by atoms with Crippen LogP contribution in [0.2, 0.25) is 0 Å². The minimum absolute atomic E-state index is 0.116.